The highest BCUT2D eigenvalue weighted by atomic mass is 32.1. The van der Waals surface area contributed by atoms with Gasteiger partial charge in [-0.15, -0.1) is 0 Å². The van der Waals surface area contributed by atoms with Crippen LogP contribution in [0.3, 0.4) is 0 Å². The highest BCUT2D eigenvalue weighted by Crippen LogP contribution is 2.53. The van der Waals surface area contributed by atoms with Gasteiger partial charge in [0.05, 0.1) is 0 Å². The lowest BCUT2D eigenvalue weighted by Crippen LogP contribution is -2.64. The first-order chi connectivity index (χ1) is 14.2. The number of hydrogen-bond donors (Lipinski definition) is 3. The van der Waals surface area contributed by atoms with Crippen LogP contribution >= 0.6 is 12.2 Å². The van der Waals surface area contributed by atoms with E-state index in [1.807, 2.05) is 0 Å². The van der Waals surface area contributed by atoms with Gasteiger partial charge in [0.25, 0.3) is 0 Å². The predicted octanol–water partition coefficient (Wildman–Crippen LogP) is 5.31. The number of rotatable bonds is 3. The standard InChI is InChI=1S/C26H41N3S/c1-17(2)18-10-12-20-19(16-18)11-13-23-25(20,3)14-7-15-26(23,4)29-24(30)28-22-9-6-5-8-21(22)27/h10,12,16-17,21-23H,5-9,11,13-15,27H2,1-4H3,(H2,28,29,30)/t21-,22-,23-,25-,26-/m1/s1. The number of nitrogens with two attached hydrogens (primary N) is 1. The molecule has 4 heteroatoms. The van der Waals surface area contributed by atoms with Gasteiger partial charge in [-0.2, -0.15) is 0 Å². The van der Waals surface area contributed by atoms with Gasteiger partial charge in [-0.05, 0) is 91.6 Å². The Morgan fingerprint density at radius 3 is 2.60 bits per heavy atom. The second-order valence-corrected chi connectivity index (χ2v) is 11.4. The van der Waals surface area contributed by atoms with Gasteiger partial charge < -0.3 is 16.4 Å². The molecule has 1 aromatic carbocycles. The Morgan fingerprint density at radius 2 is 1.87 bits per heavy atom. The summed E-state index contributed by atoms with van der Waals surface area (Å²) in [7, 11) is 0. The average molecular weight is 428 g/mol. The van der Waals surface area contributed by atoms with Crippen LogP contribution < -0.4 is 16.4 Å². The molecule has 4 rings (SSSR count). The molecule has 0 bridgehead atoms. The van der Waals surface area contributed by atoms with E-state index in [0.717, 1.165) is 18.0 Å². The minimum Gasteiger partial charge on any atom is -0.358 e. The molecule has 2 saturated carbocycles. The second-order valence-electron chi connectivity index (χ2n) is 11.0. The normalized spacial score (nSPS) is 36.0. The SMILES string of the molecule is CC(C)c1ccc2c(c1)CC[C@H]1[C@](C)(NC(=S)N[C@@H]3CCCC[C@H]3N)CCC[C@]21C. The van der Waals surface area contributed by atoms with Crippen molar-refractivity contribution in [2.75, 3.05) is 0 Å². The first-order valence-corrected chi connectivity index (χ1v) is 12.6. The molecule has 3 aliphatic carbocycles. The molecule has 166 valence electrons. The summed E-state index contributed by atoms with van der Waals surface area (Å²) >= 11 is 5.82. The zero-order valence-electron chi connectivity index (χ0n) is 19.4. The Labute approximate surface area is 189 Å². The van der Waals surface area contributed by atoms with E-state index in [4.69, 9.17) is 18.0 Å². The zero-order chi connectivity index (χ0) is 21.5. The maximum atomic E-state index is 6.36. The molecule has 3 nitrogen and oxygen atoms in total. The number of nitrogens with one attached hydrogen (secondary N) is 2. The predicted molar refractivity (Wildman–Crippen MR) is 131 cm³/mol. The third kappa shape index (κ3) is 4.02. The molecule has 2 fully saturated rings. The Hall–Kier alpha value is -1.13. The lowest BCUT2D eigenvalue weighted by Gasteiger charge is -2.56. The summed E-state index contributed by atoms with van der Waals surface area (Å²) < 4.78 is 0. The van der Waals surface area contributed by atoms with Crippen molar-refractivity contribution in [3.63, 3.8) is 0 Å². The molecule has 5 atom stereocenters. The molecule has 0 spiro atoms. The molecular formula is C26H41N3S. The minimum atomic E-state index is 0.0320. The molecule has 4 N–H and O–H groups in total. The first-order valence-electron chi connectivity index (χ1n) is 12.2. The van der Waals surface area contributed by atoms with E-state index in [1.165, 1.54) is 50.5 Å². The Kier molecular flexibility index (Phi) is 6.20. The molecule has 0 saturated heterocycles. The van der Waals surface area contributed by atoms with E-state index >= 15 is 0 Å². The van der Waals surface area contributed by atoms with E-state index in [-0.39, 0.29) is 17.0 Å². The van der Waals surface area contributed by atoms with E-state index in [2.05, 4.69) is 56.5 Å². The summed E-state index contributed by atoms with van der Waals surface area (Å²) in [5, 5.41) is 8.21. The molecule has 0 aliphatic heterocycles. The van der Waals surface area contributed by atoms with Crippen LogP contribution in [0.2, 0.25) is 0 Å². The maximum Gasteiger partial charge on any atom is 0.166 e. The van der Waals surface area contributed by atoms with E-state index in [0.29, 0.717) is 17.9 Å². The number of benzene rings is 1. The fourth-order valence-corrected chi connectivity index (χ4v) is 7.21. The van der Waals surface area contributed by atoms with Crippen molar-refractivity contribution in [2.45, 2.75) is 114 Å². The smallest absolute Gasteiger partial charge is 0.166 e. The fourth-order valence-electron chi connectivity index (χ4n) is 6.82. The first kappa shape index (κ1) is 22.1. The van der Waals surface area contributed by atoms with Gasteiger partial charge in [0, 0.05) is 17.6 Å². The molecule has 0 heterocycles. The summed E-state index contributed by atoms with van der Waals surface area (Å²) in [6, 6.07) is 7.84. The van der Waals surface area contributed by atoms with Crippen LogP contribution in [0.4, 0.5) is 0 Å². The fraction of sp³-hybridized carbons (Fsp3) is 0.731. The Morgan fingerprint density at radius 1 is 1.10 bits per heavy atom. The number of thiocarbonyl (C=S) groups is 1. The largest absolute Gasteiger partial charge is 0.358 e. The van der Waals surface area contributed by atoms with Gasteiger partial charge in [0.1, 0.15) is 0 Å². The molecule has 0 amide bonds. The van der Waals surface area contributed by atoms with Crippen LogP contribution in [-0.4, -0.2) is 22.7 Å². The van der Waals surface area contributed by atoms with Gasteiger partial charge in [0.15, 0.2) is 5.11 Å². The summed E-state index contributed by atoms with van der Waals surface area (Å²) in [5.41, 5.74) is 11.3. The van der Waals surface area contributed by atoms with Crippen LogP contribution in [0.25, 0.3) is 0 Å². The van der Waals surface area contributed by atoms with Crippen molar-refractivity contribution in [3.8, 4) is 0 Å². The molecule has 0 radical (unpaired) electrons. The number of aryl methyl sites for hydroxylation is 1. The van der Waals surface area contributed by atoms with Crippen molar-refractivity contribution < 1.29 is 0 Å². The topological polar surface area (TPSA) is 50.1 Å². The van der Waals surface area contributed by atoms with E-state index in [1.54, 1.807) is 11.1 Å². The van der Waals surface area contributed by atoms with Crippen LogP contribution in [-0.2, 0) is 11.8 Å². The number of fused-ring (bicyclic) bond motifs is 3. The molecule has 0 aromatic heterocycles. The monoisotopic (exact) mass is 427 g/mol. The van der Waals surface area contributed by atoms with Crippen molar-refractivity contribution in [1.82, 2.24) is 10.6 Å². The molecule has 0 unspecified atom stereocenters. The minimum absolute atomic E-state index is 0.0320. The van der Waals surface area contributed by atoms with Gasteiger partial charge in [-0.25, -0.2) is 0 Å². The summed E-state index contributed by atoms with van der Waals surface area (Å²) in [4.78, 5) is 0. The highest BCUT2D eigenvalue weighted by molar-refractivity contribution is 7.80. The van der Waals surface area contributed by atoms with Crippen molar-refractivity contribution in [2.24, 2.45) is 11.7 Å². The van der Waals surface area contributed by atoms with Crippen molar-refractivity contribution in [3.05, 3.63) is 34.9 Å². The van der Waals surface area contributed by atoms with Crippen LogP contribution in [0.15, 0.2) is 18.2 Å². The van der Waals surface area contributed by atoms with Crippen LogP contribution in [0.1, 0.15) is 102 Å². The molecular weight excluding hydrogens is 386 g/mol. The van der Waals surface area contributed by atoms with Crippen molar-refractivity contribution in [1.29, 1.82) is 0 Å². The van der Waals surface area contributed by atoms with Crippen LogP contribution in [0.5, 0.6) is 0 Å². The van der Waals surface area contributed by atoms with E-state index < -0.39 is 0 Å². The molecule has 3 aliphatic rings. The quantitative estimate of drug-likeness (QED) is 0.573. The van der Waals surface area contributed by atoms with Gasteiger partial charge in [0.2, 0.25) is 0 Å². The lowest BCUT2D eigenvalue weighted by atomic mass is 9.52. The molecule has 1 aromatic rings. The van der Waals surface area contributed by atoms with Gasteiger partial charge >= 0.3 is 0 Å². The third-order valence-corrected chi connectivity index (χ3v) is 8.80. The summed E-state index contributed by atoms with van der Waals surface area (Å²) in [5.74, 6) is 1.18. The summed E-state index contributed by atoms with van der Waals surface area (Å²) in [6.45, 7) is 9.51. The van der Waals surface area contributed by atoms with Gasteiger partial charge in [-0.3, -0.25) is 0 Å². The van der Waals surface area contributed by atoms with Gasteiger partial charge in [-0.1, -0.05) is 58.2 Å². The average Bonchev–Trinajstić information content (AvgIpc) is 2.69. The number of hydrogen-bond acceptors (Lipinski definition) is 2. The van der Waals surface area contributed by atoms with E-state index in [9.17, 15) is 0 Å². The second kappa shape index (κ2) is 8.43. The Balaban J connectivity index is 1.53. The zero-order valence-corrected chi connectivity index (χ0v) is 20.2. The van der Waals surface area contributed by atoms with Crippen molar-refractivity contribution >= 4 is 17.3 Å². The molecule has 30 heavy (non-hydrogen) atoms. The highest BCUT2D eigenvalue weighted by Gasteiger charge is 2.52. The van der Waals surface area contributed by atoms with Crippen LogP contribution in [0, 0.1) is 5.92 Å². The third-order valence-electron chi connectivity index (χ3n) is 8.58. The summed E-state index contributed by atoms with van der Waals surface area (Å²) in [6.07, 6.45) is 10.9. The Bertz CT molecular complexity index is 790. The lowest BCUT2D eigenvalue weighted by molar-refractivity contribution is 0.0761. The maximum absolute atomic E-state index is 6.36.